The van der Waals surface area contributed by atoms with Crippen LogP contribution in [-0.2, 0) is 9.59 Å². The minimum atomic E-state index is -0.927. The number of benzene rings is 1. The Bertz CT molecular complexity index is 451. The Balaban J connectivity index is 2.62. The van der Waals surface area contributed by atoms with E-state index in [2.05, 4.69) is 5.32 Å². The van der Waals surface area contributed by atoms with Gasteiger partial charge in [-0.25, -0.2) is 0 Å². The molecule has 0 saturated heterocycles. The molecule has 5 N–H and O–H groups in total. The number of carbonyl (C=O) groups excluding carboxylic acids is 2. The van der Waals surface area contributed by atoms with E-state index in [1.165, 1.54) is 0 Å². The molecule has 0 bridgehead atoms. The van der Waals surface area contributed by atoms with Crippen molar-refractivity contribution < 1.29 is 9.59 Å². The number of halogens is 1. The van der Waals surface area contributed by atoms with Crippen LogP contribution in [0.2, 0.25) is 5.02 Å². The van der Waals surface area contributed by atoms with E-state index in [-0.39, 0.29) is 12.5 Å². The Kier molecular flexibility index (Phi) is 5.12. The highest BCUT2D eigenvalue weighted by atomic mass is 35.5. The summed E-state index contributed by atoms with van der Waals surface area (Å²) in [5.41, 5.74) is 11.4. The molecule has 18 heavy (non-hydrogen) atoms. The number of hydrogen-bond acceptors (Lipinski definition) is 3. The minimum Gasteiger partial charge on any atom is -0.370 e. The second-order valence-electron chi connectivity index (χ2n) is 4.06. The quantitative estimate of drug-likeness (QED) is 0.734. The van der Waals surface area contributed by atoms with Gasteiger partial charge in [0.25, 0.3) is 0 Å². The van der Waals surface area contributed by atoms with Gasteiger partial charge >= 0.3 is 0 Å². The van der Waals surface area contributed by atoms with Crippen LogP contribution < -0.4 is 16.8 Å². The Labute approximate surface area is 110 Å². The lowest BCUT2D eigenvalue weighted by Gasteiger charge is -2.17. The Morgan fingerprint density at radius 3 is 2.67 bits per heavy atom. The lowest BCUT2D eigenvalue weighted by Crippen LogP contribution is -2.43. The number of primary amides is 1. The van der Waals surface area contributed by atoms with E-state index < -0.39 is 17.9 Å². The van der Waals surface area contributed by atoms with E-state index in [9.17, 15) is 9.59 Å². The summed E-state index contributed by atoms with van der Waals surface area (Å²) in [6.45, 7) is 1.81. The molecule has 0 spiro atoms. The van der Waals surface area contributed by atoms with Gasteiger partial charge in [-0.1, -0.05) is 23.7 Å². The third-order valence-corrected chi connectivity index (χ3v) is 2.70. The van der Waals surface area contributed by atoms with E-state index in [0.717, 1.165) is 5.56 Å². The number of amides is 2. The van der Waals surface area contributed by atoms with E-state index in [1.54, 1.807) is 25.1 Å². The maximum atomic E-state index is 11.7. The first kappa shape index (κ1) is 14.5. The minimum absolute atomic E-state index is 0.173. The molecule has 0 fully saturated rings. The van der Waals surface area contributed by atoms with Gasteiger partial charge in [-0.15, -0.1) is 0 Å². The smallest absolute Gasteiger partial charge is 0.237 e. The van der Waals surface area contributed by atoms with E-state index in [0.29, 0.717) is 5.02 Å². The molecule has 2 amide bonds. The molecule has 1 unspecified atom stereocenters. The normalized spacial score (nSPS) is 13.7. The summed E-state index contributed by atoms with van der Waals surface area (Å²) in [5.74, 6) is -1.02. The molecular weight excluding hydrogens is 254 g/mol. The Hall–Kier alpha value is -1.59. The van der Waals surface area contributed by atoms with Crippen molar-refractivity contribution in [3.8, 4) is 0 Å². The topological polar surface area (TPSA) is 98.2 Å². The van der Waals surface area contributed by atoms with Gasteiger partial charge in [0.1, 0.15) is 0 Å². The number of nitrogens with two attached hydrogens (primary N) is 2. The number of hydrogen-bond donors (Lipinski definition) is 3. The molecule has 0 aliphatic carbocycles. The predicted molar refractivity (Wildman–Crippen MR) is 69.8 cm³/mol. The maximum absolute atomic E-state index is 11.7. The molecule has 0 heterocycles. The first-order valence-corrected chi connectivity index (χ1v) is 5.87. The van der Waals surface area contributed by atoms with Crippen LogP contribution in [0.4, 0.5) is 0 Å². The summed E-state index contributed by atoms with van der Waals surface area (Å²) >= 11 is 5.86. The lowest BCUT2D eigenvalue weighted by molar-refractivity contribution is -0.126. The van der Waals surface area contributed by atoms with Crippen molar-refractivity contribution in [1.82, 2.24) is 5.32 Å². The third-order valence-electron chi connectivity index (χ3n) is 2.47. The standard InChI is InChI=1S/C12H16ClN3O2/c1-7(8-3-2-4-9(13)5-8)16-12(18)10(14)6-11(15)17/h2-5,7,10H,6,14H2,1H3,(H2,15,17)(H,16,18)/t7-,10?/m0/s1. The molecule has 0 saturated carbocycles. The molecule has 0 aromatic heterocycles. The van der Waals surface area contributed by atoms with Crippen molar-refractivity contribution >= 4 is 23.4 Å². The molecule has 0 aliphatic rings. The third kappa shape index (κ3) is 4.35. The van der Waals surface area contributed by atoms with Gasteiger partial charge < -0.3 is 16.8 Å². The molecular formula is C12H16ClN3O2. The Morgan fingerprint density at radius 1 is 1.44 bits per heavy atom. The fourth-order valence-electron chi connectivity index (χ4n) is 1.49. The summed E-state index contributed by atoms with van der Waals surface area (Å²) in [5, 5.41) is 3.29. The maximum Gasteiger partial charge on any atom is 0.237 e. The summed E-state index contributed by atoms with van der Waals surface area (Å²) in [6, 6.07) is 5.98. The number of carbonyl (C=O) groups is 2. The van der Waals surface area contributed by atoms with E-state index >= 15 is 0 Å². The van der Waals surface area contributed by atoms with E-state index in [4.69, 9.17) is 23.1 Å². The fraction of sp³-hybridized carbons (Fsp3) is 0.333. The van der Waals surface area contributed by atoms with Gasteiger partial charge in [-0.3, -0.25) is 9.59 Å². The average Bonchev–Trinajstić information content (AvgIpc) is 2.27. The van der Waals surface area contributed by atoms with Crippen LogP contribution in [0.15, 0.2) is 24.3 Å². The highest BCUT2D eigenvalue weighted by Crippen LogP contribution is 2.17. The van der Waals surface area contributed by atoms with Gasteiger partial charge in [-0.2, -0.15) is 0 Å². The summed E-state index contributed by atoms with van der Waals surface area (Å²) in [4.78, 5) is 22.3. The molecule has 0 aliphatic heterocycles. The predicted octanol–water partition coefficient (Wildman–Crippen LogP) is 0.720. The average molecular weight is 270 g/mol. The molecule has 2 atom stereocenters. The second kappa shape index (κ2) is 6.37. The molecule has 6 heteroatoms. The van der Waals surface area contributed by atoms with Crippen molar-refractivity contribution in [2.45, 2.75) is 25.4 Å². The molecule has 1 aromatic carbocycles. The molecule has 98 valence electrons. The highest BCUT2D eigenvalue weighted by Gasteiger charge is 2.18. The van der Waals surface area contributed by atoms with Gasteiger partial charge in [-0.05, 0) is 24.6 Å². The number of nitrogens with one attached hydrogen (secondary N) is 1. The lowest BCUT2D eigenvalue weighted by atomic mass is 10.1. The van der Waals surface area contributed by atoms with Crippen molar-refractivity contribution in [1.29, 1.82) is 0 Å². The van der Waals surface area contributed by atoms with Crippen LogP contribution in [0.5, 0.6) is 0 Å². The van der Waals surface area contributed by atoms with Crippen molar-refractivity contribution in [2.75, 3.05) is 0 Å². The summed E-state index contributed by atoms with van der Waals surface area (Å²) in [6.07, 6.45) is -0.173. The Morgan fingerprint density at radius 2 is 2.11 bits per heavy atom. The van der Waals surface area contributed by atoms with Crippen LogP contribution in [0.3, 0.4) is 0 Å². The van der Waals surface area contributed by atoms with Crippen molar-refractivity contribution in [3.63, 3.8) is 0 Å². The second-order valence-corrected chi connectivity index (χ2v) is 4.50. The molecule has 1 rings (SSSR count). The molecule has 5 nitrogen and oxygen atoms in total. The number of rotatable bonds is 5. The van der Waals surface area contributed by atoms with E-state index in [1.807, 2.05) is 6.07 Å². The monoisotopic (exact) mass is 269 g/mol. The van der Waals surface area contributed by atoms with Gasteiger partial charge in [0.05, 0.1) is 18.5 Å². The van der Waals surface area contributed by atoms with Crippen LogP contribution in [0.25, 0.3) is 0 Å². The van der Waals surface area contributed by atoms with Crippen LogP contribution >= 0.6 is 11.6 Å². The van der Waals surface area contributed by atoms with Crippen LogP contribution in [-0.4, -0.2) is 17.9 Å². The zero-order chi connectivity index (χ0) is 13.7. The van der Waals surface area contributed by atoms with Crippen molar-refractivity contribution in [3.05, 3.63) is 34.9 Å². The molecule has 0 radical (unpaired) electrons. The van der Waals surface area contributed by atoms with Crippen LogP contribution in [0, 0.1) is 0 Å². The summed E-state index contributed by atoms with van der Waals surface area (Å²) < 4.78 is 0. The first-order valence-electron chi connectivity index (χ1n) is 5.50. The highest BCUT2D eigenvalue weighted by molar-refractivity contribution is 6.30. The van der Waals surface area contributed by atoms with Gasteiger partial charge in [0.15, 0.2) is 0 Å². The summed E-state index contributed by atoms with van der Waals surface area (Å²) in [7, 11) is 0. The van der Waals surface area contributed by atoms with Crippen molar-refractivity contribution in [2.24, 2.45) is 11.5 Å². The zero-order valence-corrected chi connectivity index (χ0v) is 10.8. The largest absolute Gasteiger partial charge is 0.370 e. The fourth-order valence-corrected chi connectivity index (χ4v) is 1.69. The van der Waals surface area contributed by atoms with Gasteiger partial charge in [0, 0.05) is 5.02 Å². The van der Waals surface area contributed by atoms with Crippen LogP contribution in [0.1, 0.15) is 24.9 Å². The first-order chi connectivity index (χ1) is 8.40. The molecule has 1 aromatic rings. The zero-order valence-electron chi connectivity index (χ0n) is 10.0. The van der Waals surface area contributed by atoms with Gasteiger partial charge in [0.2, 0.25) is 11.8 Å². The SMILES string of the molecule is C[C@H](NC(=O)C(N)CC(N)=O)c1cccc(Cl)c1.